The highest BCUT2D eigenvalue weighted by Crippen LogP contribution is 2.30. The zero-order valence-electron chi connectivity index (χ0n) is 25.5. The van der Waals surface area contributed by atoms with Crippen LogP contribution in [-0.2, 0) is 9.53 Å². The van der Waals surface area contributed by atoms with Gasteiger partial charge in [-0.1, -0.05) is 5.92 Å². The molecule has 0 aliphatic rings. The largest absolute Gasteiger partial charge is 0.444 e. The lowest BCUT2D eigenvalue weighted by Crippen LogP contribution is -2.45. The van der Waals surface area contributed by atoms with E-state index < -0.39 is 23.6 Å². The Labute approximate surface area is 250 Å². The van der Waals surface area contributed by atoms with E-state index in [0.29, 0.717) is 45.3 Å². The Morgan fingerprint density at radius 1 is 1.09 bits per heavy atom. The van der Waals surface area contributed by atoms with E-state index in [0.717, 1.165) is 0 Å². The van der Waals surface area contributed by atoms with Gasteiger partial charge in [0, 0.05) is 50.2 Å². The molecule has 224 valence electrons. The highest BCUT2D eigenvalue weighted by Gasteiger charge is 2.27. The van der Waals surface area contributed by atoms with E-state index in [1.165, 1.54) is 24.5 Å². The van der Waals surface area contributed by atoms with Crippen LogP contribution in [0.5, 0.6) is 0 Å². The van der Waals surface area contributed by atoms with Gasteiger partial charge in [-0.25, -0.2) is 24.7 Å². The molecule has 3 aromatic rings. The molecule has 5 N–H and O–H groups in total. The lowest BCUT2D eigenvalue weighted by Gasteiger charge is -2.28. The van der Waals surface area contributed by atoms with Gasteiger partial charge in [0.25, 0.3) is 0 Å². The maximum Gasteiger partial charge on any atom is 0.410 e. The smallest absolute Gasteiger partial charge is 0.410 e. The van der Waals surface area contributed by atoms with Gasteiger partial charge in [-0.05, 0) is 58.7 Å². The van der Waals surface area contributed by atoms with Crippen molar-refractivity contribution in [2.24, 2.45) is 0 Å². The fraction of sp³-hybridized carbons (Fsp3) is 0.333. The Hall–Kier alpha value is -5.38. The number of carbonyl (C=O) groups excluding carboxylic acids is 2. The molecule has 13 heteroatoms. The van der Waals surface area contributed by atoms with Gasteiger partial charge < -0.3 is 31.5 Å². The van der Waals surface area contributed by atoms with Crippen molar-refractivity contribution < 1.29 is 14.3 Å². The number of hydrogen-bond acceptors (Lipinski definition) is 11. The minimum absolute atomic E-state index is 0.175. The molecular formula is C30H36N10O3. The normalized spacial score (nSPS) is 11.3. The summed E-state index contributed by atoms with van der Waals surface area (Å²) in [6, 6.07) is 4.18. The van der Waals surface area contributed by atoms with Crippen molar-refractivity contribution in [3.63, 3.8) is 0 Å². The molecule has 3 aromatic heterocycles. The molecule has 0 saturated heterocycles. The minimum atomic E-state index is -0.884. The van der Waals surface area contributed by atoms with E-state index in [4.69, 9.17) is 15.6 Å². The SMILES string of the molecule is CNc1ncc(C#Cc2cc(-c3ncnc(C(C)=N)c3NC)cc(NC(=O)C(C)N(C)C(=O)OC(C)(C)C)n2)cc1C=N. The monoisotopic (exact) mass is 584 g/mol. The number of amides is 2. The molecule has 0 aromatic carbocycles. The first kappa shape index (κ1) is 32.1. The number of nitrogens with one attached hydrogen (secondary N) is 5. The van der Waals surface area contributed by atoms with Crippen LogP contribution in [0.1, 0.15) is 57.1 Å². The first-order chi connectivity index (χ1) is 20.3. The Bertz CT molecular complexity index is 1620. The fourth-order valence-corrected chi connectivity index (χ4v) is 3.82. The molecule has 0 aliphatic carbocycles. The number of ether oxygens (including phenoxy) is 1. The highest BCUT2D eigenvalue weighted by molar-refractivity contribution is 6.02. The van der Waals surface area contributed by atoms with Crippen molar-refractivity contribution in [2.45, 2.75) is 46.3 Å². The van der Waals surface area contributed by atoms with E-state index in [-0.39, 0.29) is 11.5 Å². The lowest BCUT2D eigenvalue weighted by atomic mass is 10.1. The number of rotatable bonds is 8. The van der Waals surface area contributed by atoms with E-state index in [1.807, 2.05) is 0 Å². The van der Waals surface area contributed by atoms with E-state index >= 15 is 0 Å². The molecule has 0 radical (unpaired) electrons. The summed E-state index contributed by atoms with van der Waals surface area (Å²) in [7, 11) is 4.91. The van der Waals surface area contributed by atoms with Crippen LogP contribution in [0.4, 0.5) is 22.1 Å². The van der Waals surface area contributed by atoms with E-state index in [2.05, 4.69) is 47.7 Å². The third-order valence-corrected chi connectivity index (χ3v) is 6.09. The third kappa shape index (κ3) is 8.10. The molecule has 3 heterocycles. The molecule has 0 spiro atoms. The molecule has 13 nitrogen and oxygen atoms in total. The van der Waals surface area contributed by atoms with Crippen LogP contribution >= 0.6 is 0 Å². The first-order valence-electron chi connectivity index (χ1n) is 13.4. The summed E-state index contributed by atoms with van der Waals surface area (Å²) in [6.45, 7) is 8.44. The van der Waals surface area contributed by atoms with Crippen molar-refractivity contribution in [3.05, 3.63) is 53.2 Å². The first-order valence-corrected chi connectivity index (χ1v) is 13.4. The summed E-state index contributed by atoms with van der Waals surface area (Å²) in [4.78, 5) is 44.4. The minimum Gasteiger partial charge on any atom is -0.444 e. The van der Waals surface area contributed by atoms with Crippen molar-refractivity contribution in [1.82, 2.24) is 24.8 Å². The second-order valence-corrected chi connectivity index (χ2v) is 10.5. The van der Waals surface area contributed by atoms with Crippen LogP contribution in [0.3, 0.4) is 0 Å². The molecular weight excluding hydrogens is 548 g/mol. The second-order valence-electron chi connectivity index (χ2n) is 10.5. The van der Waals surface area contributed by atoms with Gasteiger partial charge in [0.1, 0.15) is 41.0 Å². The molecule has 0 aliphatic heterocycles. The van der Waals surface area contributed by atoms with E-state index in [1.54, 1.807) is 73.1 Å². The predicted octanol–water partition coefficient (Wildman–Crippen LogP) is 4.00. The van der Waals surface area contributed by atoms with Crippen molar-refractivity contribution >= 4 is 41.2 Å². The zero-order chi connectivity index (χ0) is 31.9. The summed E-state index contributed by atoms with van der Waals surface area (Å²) in [5.41, 5.74) is 2.94. The molecule has 2 amide bonds. The van der Waals surface area contributed by atoms with Crippen LogP contribution in [0, 0.1) is 22.7 Å². The van der Waals surface area contributed by atoms with Gasteiger partial charge in [0.15, 0.2) is 0 Å². The van der Waals surface area contributed by atoms with Gasteiger partial charge in [-0.3, -0.25) is 9.69 Å². The van der Waals surface area contributed by atoms with Crippen LogP contribution in [0.25, 0.3) is 11.3 Å². The lowest BCUT2D eigenvalue weighted by molar-refractivity contribution is -0.120. The topological polar surface area (TPSA) is 182 Å². The molecule has 1 unspecified atom stereocenters. The zero-order valence-corrected chi connectivity index (χ0v) is 25.5. The fourth-order valence-electron chi connectivity index (χ4n) is 3.82. The van der Waals surface area contributed by atoms with Crippen molar-refractivity contribution in [1.29, 1.82) is 10.8 Å². The molecule has 3 rings (SSSR count). The van der Waals surface area contributed by atoms with E-state index in [9.17, 15) is 9.59 Å². The molecule has 0 fully saturated rings. The molecule has 0 saturated carbocycles. The summed E-state index contributed by atoms with van der Waals surface area (Å²) in [5, 5.41) is 24.5. The van der Waals surface area contributed by atoms with Gasteiger partial charge in [0.05, 0.1) is 17.1 Å². The molecule has 43 heavy (non-hydrogen) atoms. The Kier molecular flexibility index (Phi) is 10.1. The Balaban J connectivity index is 2.07. The Morgan fingerprint density at radius 2 is 1.81 bits per heavy atom. The van der Waals surface area contributed by atoms with Gasteiger partial charge in [-0.2, -0.15) is 0 Å². The summed E-state index contributed by atoms with van der Waals surface area (Å²) >= 11 is 0. The number of nitrogens with zero attached hydrogens (tertiary/aromatic N) is 5. The number of anilines is 3. The highest BCUT2D eigenvalue weighted by atomic mass is 16.6. The number of pyridine rings is 2. The number of hydrogen-bond donors (Lipinski definition) is 5. The molecule has 0 bridgehead atoms. The standard InChI is InChI=1S/C30H36N10O3/c1-17(32)24-26(33-6)25(37-16-36-24)20-12-22(10-9-19-11-21(14-31)27(34-7)35-15-19)38-23(13-20)39-28(41)18(2)40(8)29(42)43-30(3,4)5/h11-16,18,31-33H,1-8H3,(H,34,35)(H,38,39,41). The van der Waals surface area contributed by atoms with Gasteiger partial charge in [0.2, 0.25) is 5.91 Å². The maximum atomic E-state index is 13.2. The third-order valence-electron chi connectivity index (χ3n) is 6.09. The average molecular weight is 585 g/mol. The van der Waals surface area contributed by atoms with Crippen LogP contribution in [-0.4, -0.2) is 81.5 Å². The quantitative estimate of drug-likeness (QED) is 0.193. The average Bonchev–Trinajstić information content (AvgIpc) is 2.97. The predicted molar refractivity (Wildman–Crippen MR) is 167 cm³/mol. The number of aromatic nitrogens is 4. The van der Waals surface area contributed by atoms with Gasteiger partial charge >= 0.3 is 6.09 Å². The maximum absolute atomic E-state index is 13.2. The van der Waals surface area contributed by atoms with Crippen LogP contribution in [0.2, 0.25) is 0 Å². The summed E-state index contributed by atoms with van der Waals surface area (Å²) in [5.74, 6) is 6.25. The number of likely N-dealkylation sites (N-methyl/N-ethyl adjacent to an activating group) is 1. The number of carbonyl (C=O) groups is 2. The Morgan fingerprint density at radius 3 is 2.42 bits per heavy atom. The van der Waals surface area contributed by atoms with Gasteiger partial charge in [-0.15, -0.1) is 0 Å². The van der Waals surface area contributed by atoms with Crippen LogP contribution < -0.4 is 16.0 Å². The summed E-state index contributed by atoms with van der Waals surface area (Å²) in [6.07, 6.45) is 3.48. The molecule has 1 atom stereocenters. The van der Waals surface area contributed by atoms with Crippen LogP contribution in [0.15, 0.2) is 30.7 Å². The summed E-state index contributed by atoms with van der Waals surface area (Å²) < 4.78 is 5.39. The van der Waals surface area contributed by atoms with Crippen molar-refractivity contribution in [3.8, 4) is 23.1 Å². The second kappa shape index (κ2) is 13.5. The van der Waals surface area contributed by atoms with Crippen molar-refractivity contribution in [2.75, 3.05) is 37.1 Å².